The standard InChI is InChI=1S/C24H21N3O3/c1-14-7-8-15(2)21(12-14)27-23(29)18-10-9-17(13-19(18)24(27)30)22(28)26-16(3)20-6-4-5-11-25-20/h4-13,16H,1-3H3,(H,26,28). The molecule has 0 spiro atoms. The van der Waals surface area contributed by atoms with Crippen LogP contribution in [0.4, 0.5) is 5.69 Å². The minimum atomic E-state index is -0.420. The molecule has 1 unspecified atom stereocenters. The molecule has 0 saturated carbocycles. The van der Waals surface area contributed by atoms with Gasteiger partial charge >= 0.3 is 0 Å². The van der Waals surface area contributed by atoms with Crippen molar-refractivity contribution in [2.24, 2.45) is 0 Å². The molecular formula is C24H21N3O3. The SMILES string of the molecule is Cc1ccc(C)c(N2C(=O)c3ccc(C(=O)NC(C)c4ccccn4)cc3C2=O)c1. The van der Waals surface area contributed by atoms with Gasteiger partial charge in [0.05, 0.1) is 28.6 Å². The summed E-state index contributed by atoms with van der Waals surface area (Å²) >= 11 is 0. The van der Waals surface area contributed by atoms with Gasteiger partial charge < -0.3 is 5.32 Å². The molecular weight excluding hydrogens is 378 g/mol. The number of fused-ring (bicyclic) bond motifs is 1. The third-order valence-electron chi connectivity index (χ3n) is 5.23. The normalized spacial score (nSPS) is 13.9. The van der Waals surface area contributed by atoms with Crippen molar-refractivity contribution in [3.8, 4) is 0 Å². The summed E-state index contributed by atoms with van der Waals surface area (Å²) in [4.78, 5) is 44.1. The maximum atomic E-state index is 13.1. The summed E-state index contributed by atoms with van der Waals surface area (Å²) in [5, 5.41) is 2.88. The van der Waals surface area contributed by atoms with Crippen LogP contribution >= 0.6 is 0 Å². The molecule has 1 N–H and O–H groups in total. The highest BCUT2D eigenvalue weighted by molar-refractivity contribution is 6.35. The van der Waals surface area contributed by atoms with Crippen molar-refractivity contribution in [3.63, 3.8) is 0 Å². The Kier molecular flexibility index (Phi) is 4.91. The Morgan fingerprint density at radius 3 is 2.47 bits per heavy atom. The number of carbonyl (C=O) groups is 3. The number of aryl methyl sites for hydroxylation is 2. The molecule has 6 heteroatoms. The predicted octanol–water partition coefficient (Wildman–Crippen LogP) is 3.99. The molecule has 150 valence electrons. The van der Waals surface area contributed by atoms with E-state index in [0.717, 1.165) is 16.8 Å². The van der Waals surface area contributed by atoms with E-state index in [1.165, 1.54) is 11.0 Å². The zero-order chi connectivity index (χ0) is 21.4. The first-order chi connectivity index (χ1) is 14.4. The van der Waals surface area contributed by atoms with Crippen molar-refractivity contribution in [3.05, 3.63) is 94.3 Å². The molecule has 1 aromatic heterocycles. The highest BCUT2D eigenvalue weighted by Crippen LogP contribution is 2.31. The molecule has 2 heterocycles. The molecule has 0 saturated heterocycles. The molecule has 1 aliphatic rings. The fraction of sp³-hybridized carbons (Fsp3) is 0.167. The Labute approximate surface area is 174 Å². The highest BCUT2D eigenvalue weighted by Gasteiger charge is 2.37. The van der Waals surface area contributed by atoms with Gasteiger partial charge in [0.2, 0.25) is 0 Å². The number of aromatic nitrogens is 1. The lowest BCUT2D eigenvalue weighted by molar-refractivity contribution is 0.0921. The number of benzene rings is 2. The fourth-order valence-corrected chi connectivity index (χ4v) is 3.55. The predicted molar refractivity (Wildman–Crippen MR) is 114 cm³/mol. The second-order valence-corrected chi connectivity index (χ2v) is 7.45. The van der Waals surface area contributed by atoms with E-state index in [4.69, 9.17) is 0 Å². The maximum absolute atomic E-state index is 13.1. The van der Waals surface area contributed by atoms with E-state index in [9.17, 15) is 14.4 Å². The molecule has 1 aliphatic heterocycles. The minimum Gasteiger partial charge on any atom is -0.344 e. The third kappa shape index (κ3) is 3.37. The number of nitrogens with zero attached hydrogens (tertiary/aromatic N) is 2. The second-order valence-electron chi connectivity index (χ2n) is 7.45. The molecule has 3 aromatic rings. The Morgan fingerprint density at radius 2 is 1.73 bits per heavy atom. The number of hydrogen-bond donors (Lipinski definition) is 1. The van der Waals surface area contributed by atoms with Crippen LogP contribution in [0.3, 0.4) is 0 Å². The van der Waals surface area contributed by atoms with Crippen molar-refractivity contribution in [2.45, 2.75) is 26.8 Å². The molecule has 0 bridgehead atoms. The third-order valence-corrected chi connectivity index (χ3v) is 5.23. The number of hydrogen-bond acceptors (Lipinski definition) is 4. The van der Waals surface area contributed by atoms with E-state index in [0.29, 0.717) is 16.8 Å². The molecule has 4 rings (SSSR count). The summed E-state index contributed by atoms with van der Waals surface area (Å²) < 4.78 is 0. The average molecular weight is 399 g/mol. The molecule has 0 aliphatic carbocycles. The lowest BCUT2D eigenvalue weighted by atomic mass is 10.0. The first-order valence-corrected chi connectivity index (χ1v) is 9.68. The smallest absolute Gasteiger partial charge is 0.266 e. The highest BCUT2D eigenvalue weighted by atomic mass is 16.2. The quantitative estimate of drug-likeness (QED) is 0.673. The van der Waals surface area contributed by atoms with Gasteiger partial charge in [0.25, 0.3) is 17.7 Å². The molecule has 1 atom stereocenters. The largest absolute Gasteiger partial charge is 0.344 e. The zero-order valence-electron chi connectivity index (χ0n) is 17.0. The lowest BCUT2D eigenvalue weighted by Crippen LogP contribution is -2.30. The van der Waals surface area contributed by atoms with Crippen molar-refractivity contribution in [1.82, 2.24) is 10.3 Å². The zero-order valence-corrected chi connectivity index (χ0v) is 17.0. The van der Waals surface area contributed by atoms with Crippen molar-refractivity contribution in [2.75, 3.05) is 4.90 Å². The summed E-state index contributed by atoms with van der Waals surface area (Å²) in [6.45, 7) is 5.60. The Hall–Kier alpha value is -3.80. The molecule has 6 nitrogen and oxygen atoms in total. The summed E-state index contributed by atoms with van der Waals surface area (Å²) in [7, 11) is 0. The number of rotatable bonds is 4. The van der Waals surface area contributed by atoms with E-state index in [1.807, 2.05) is 57.2 Å². The maximum Gasteiger partial charge on any atom is 0.266 e. The Bertz CT molecular complexity index is 1170. The topological polar surface area (TPSA) is 79.4 Å². The Balaban J connectivity index is 1.62. The fourth-order valence-electron chi connectivity index (χ4n) is 3.55. The number of pyridine rings is 1. The summed E-state index contributed by atoms with van der Waals surface area (Å²) in [5.41, 5.74) is 3.94. The van der Waals surface area contributed by atoms with Gasteiger partial charge in [0.1, 0.15) is 0 Å². The van der Waals surface area contributed by atoms with Gasteiger partial charge in [0.15, 0.2) is 0 Å². The molecule has 0 radical (unpaired) electrons. The van der Waals surface area contributed by atoms with Crippen LogP contribution in [0.5, 0.6) is 0 Å². The molecule has 3 amide bonds. The monoisotopic (exact) mass is 399 g/mol. The summed E-state index contributed by atoms with van der Waals surface area (Å²) in [5.74, 6) is -1.13. The first kappa shape index (κ1) is 19.5. The van der Waals surface area contributed by atoms with Crippen molar-refractivity contribution < 1.29 is 14.4 Å². The number of nitrogens with one attached hydrogen (secondary N) is 1. The van der Waals surface area contributed by atoms with Crippen LogP contribution in [-0.2, 0) is 0 Å². The van der Waals surface area contributed by atoms with Crippen LogP contribution in [0.2, 0.25) is 0 Å². The minimum absolute atomic E-state index is 0.235. The number of amides is 3. The lowest BCUT2D eigenvalue weighted by Gasteiger charge is -2.17. The van der Waals surface area contributed by atoms with E-state index in [-0.39, 0.29) is 23.4 Å². The van der Waals surface area contributed by atoms with Gasteiger partial charge in [-0.1, -0.05) is 18.2 Å². The van der Waals surface area contributed by atoms with Crippen LogP contribution in [0.15, 0.2) is 60.8 Å². The van der Waals surface area contributed by atoms with Gasteiger partial charge in [0, 0.05) is 11.8 Å². The summed E-state index contributed by atoms with van der Waals surface area (Å²) in [6, 6.07) is 15.4. The van der Waals surface area contributed by atoms with Gasteiger partial charge in [-0.25, -0.2) is 4.90 Å². The summed E-state index contributed by atoms with van der Waals surface area (Å²) in [6.07, 6.45) is 1.67. The van der Waals surface area contributed by atoms with E-state index in [1.54, 1.807) is 18.3 Å². The molecule has 0 fully saturated rings. The van der Waals surface area contributed by atoms with Crippen LogP contribution in [0, 0.1) is 13.8 Å². The number of anilines is 1. The first-order valence-electron chi connectivity index (χ1n) is 9.68. The van der Waals surface area contributed by atoms with E-state index >= 15 is 0 Å². The van der Waals surface area contributed by atoms with Gasteiger partial charge in [-0.3, -0.25) is 19.4 Å². The van der Waals surface area contributed by atoms with E-state index < -0.39 is 5.91 Å². The van der Waals surface area contributed by atoms with E-state index in [2.05, 4.69) is 10.3 Å². The molecule has 2 aromatic carbocycles. The average Bonchev–Trinajstić information content (AvgIpc) is 3.00. The second kappa shape index (κ2) is 7.55. The van der Waals surface area contributed by atoms with Crippen molar-refractivity contribution in [1.29, 1.82) is 0 Å². The van der Waals surface area contributed by atoms with Crippen LogP contribution in [0.25, 0.3) is 0 Å². The van der Waals surface area contributed by atoms with Crippen LogP contribution in [-0.4, -0.2) is 22.7 Å². The molecule has 30 heavy (non-hydrogen) atoms. The van der Waals surface area contributed by atoms with Crippen LogP contribution in [0.1, 0.15) is 60.9 Å². The van der Waals surface area contributed by atoms with Gasteiger partial charge in [-0.15, -0.1) is 0 Å². The van der Waals surface area contributed by atoms with Gasteiger partial charge in [-0.2, -0.15) is 0 Å². The van der Waals surface area contributed by atoms with Crippen molar-refractivity contribution >= 4 is 23.4 Å². The number of imide groups is 1. The van der Waals surface area contributed by atoms with Crippen LogP contribution < -0.4 is 10.2 Å². The Morgan fingerprint density at radius 1 is 0.967 bits per heavy atom. The number of carbonyl (C=O) groups excluding carboxylic acids is 3. The van der Waals surface area contributed by atoms with Gasteiger partial charge in [-0.05, 0) is 68.3 Å².